The van der Waals surface area contributed by atoms with Crippen LogP contribution in [0.5, 0.6) is 0 Å². The van der Waals surface area contributed by atoms with E-state index in [9.17, 15) is 4.79 Å². The van der Waals surface area contributed by atoms with Crippen LogP contribution in [0.15, 0.2) is 47.5 Å². The molecule has 0 atom stereocenters. The molecule has 0 unspecified atom stereocenters. The number of hydrogen-bond donors (Lipinski definition) is 0. The Morgan fingerprint density at radius 3 is 2.79 bits per heavy atom. The lowest BCUT2D eigenvalue weighted by Gasteiger charge is -2.10. The number of pyridine rings is 1. The third-order valence-corrected chi connectivity index (χ3v) is 3.23. The second-order valence-electron chi connectivity index (χ2n) is 4.14. The van der Waals surface area contributed by atoms with Crippen molar-refractivity contribution < 1.29 is 0 Å². The molecule has 0 bridgehead atoms. The summed E-state index contributed by atoms with van der Waals surface area (Å²) in [6.45, 7) is 1.79. The Labute approximate surface area is 114 Å². The molecule has 0 saturated heterocycles. The van der Waals surface area contributed by atoms with Crippen molar-refractivity contribution in [3.05, 3.63) is 63.9 Å². The molecule has 19 heavy (non-hydrogen) atoms. The molecule has 94 valence electrons. The number of fused-ring (bicyclic) bond motifs is 1. The first-order valence-corrected chi connectivity index (χ1v) is 6.14. The van der Waals surface area contributed by atoms with E-state index in [1.54, 1.807) is 43.6 Å². The van der Waals surface area contributed by atoms with E-state index in [-0.39, 0.29) is 5.56 Å². The van der Waals surface area contributed by atoms with Crippen LogP contribution in [-0.2, 0) is 0 Å². The molecular formula is C14H10ClN3O. The van der Waals surface area contributed by atoms with E-state index in [0.29, 0.717) is 27.4 Å². The van der Waals surface area contributed by atoms with E-state index in [1.807, 2.05) is 6.07 Å². The van der Waals surface area contributed by atoms with Gasteiger partial charge >= 0.3 is 0 Å². The van der Waals surface area contributed by atoms with Gasteiger partial charge in [0.25, 0.3) is 5.56 Å². The van der Waals surface area contributed by atoms with Gasteiger partial charge in [0.2, 0.25) is 0 Å². The fourth-order valence-electron chi connectivity index (χ4n) is 2.09. The predicted molar refractivity (Wildman–Crippen MR) is 74.9 cm³/mol. The quantitative estimate of drug-likeness (QED) is 0.684. The molecule has 3 rings (SSSR count). The number of nitrogens with zero attached hydrogens (tertiary/aromatic N) is 3. The van der Waals surface area contributed by atoms with Gasteiger partial charge in [-0.15, -0.1) is 0 Å². The van der Waals surface area contributed by atoms with Crippen LogP contribution in [0.3, 0.4) is 0 Å². The summed E-state index contributed by atoms with van der Waals surface area (Å²) in [7, 11) is 0. The summed E-state index contributed by atoms with van der Waals surface area (Å²) in [6.07, 6.45) is 3.28. The van der Waals surface area contributed by atoms with Crippen molar-refractivity contribution in [2.45, 2.75) is 6.92 Å². The summed E-state index contributed by atoms with van der Waals surface area (Å²) in [6, 6.07) is 8.84. The van der Waals surface area contributed by atoms with E-state index >= 15 is 0 Å². The van der Waals surface area contributed by atoms with E-state index in [1.165, 1.54) is 4.57 Å². The van der Waals surface area contributed by atoms with Crippen molar-refractivity contribution in [2.24, 2.45) is 0 Å². The monoisotopic (exact) mass is 271 g/mol. The molecular weight excluding hydrogens is 262 g/mol. The lowest BCUT2D eigenvalue weighted by atomic mass is 10.2. The fourth-order valence-corrected chi connectivity index (χ4v) is 2.34. The first kappa shape index (κ1) is 11.9. The van der Waals surface area contributed by atoms with Crippen LogP contribution >= 0.6 is 11.6 Å². The van der Waals surface area contributed by atoms with Gasteiger partial charge < -0.3 is 0 Å². The van der Waals surface area contributed by atoms with Crippen LogP contribution in [0.4, 0.5) is 0 Å². The summed E-state index contributed by atoms with van der Waals surface area (Å²) >= 11 is 6.11. The molecule has 0 amide bonds. The third-order valence-electron chi connectivity index (χ3n) is 2.92. The summed E-state index contributed by atoms with van der Waals surface area (Å²) in [5, 5.41) is 0.839. The average Bonchev–Trinajstić information content (AvgIpc) is 2.39. The van der Waals surface area contributed by atoms with Crippen molar-refractivity contribution in [3.8, 4) is 5.69 Å². The highest BCUT2D eigenvalue weighted by Crippen LogP contribution is 2.19. The Balaban J connectivity index is 2.45. The van der Waals surface area contributed by atoms with Gasteiger partial charge in [-0.1, -0.05) is 17.7 Å². The second kappa shape index (κ2) is 4.48. The maximum atomic E-state index is 12.6. The normalized spacial score (nSPS) is 10.8. The molecule has 2 heterocycles. The Kier molecular flexibility index (Phi) is 2.80. The second-order valence-corrected chi connectivity index (χ2v) is 4.55. The van der Waals surface area contributed by atoms with Gasteiger partial charge in [0.1, 0.15) is 5.82 Å². The summed E-state index contributed by atoms with van der Waals surface area (Å²) < 4.78 is 1.52. The molecule has 0 fully saturated rings. The Morgan fingerprint density at radius 2 is 2.05 bits per heavy atom. The van der Waals surface area contributed by atoms with Crippen molar-refractivity contribution in [2.75, 3.05) is 0 Å². The molecule has 0 aliphatic rings. The average molecular weight is 272 g/mol. The minimum Gasteiger partial charge on any atom is -0.268 e. The van der Waals surface area contributed by atoms with Crippen LogP contribution in [0.2, 0.25) is 5.02 Å². The first-order chi connectivity index (χ1) is 9.18. The number of halogens is 1. The highest BCUT2D eigenvalue weighted by Gasteiger charge is 2.12. The Bertz CT molecular complexity index is 812. The number of aromatic nitrogens is 3. The van der Waals surface area contributed by atoms with Gasteiger partial charge in [-0.2, -0.15) is 0 Å². The van der Waals surface area contributed by atoms with E-state index in [4.69, 9.17) is 11.6 Å². The van der Waals surface area contributed by atoms with Crippen LogP contribution in [0, 0.1) is 6.92 Å². The Hall–Kier alpha value is -2.20. The zero-order valence-corrected chi connectivity index (χ0v) is 10.9. The number of aryl methyl sites for hydroxylation is 1. The van der Waals surface area contributed by atoms with Gasteiger partial charge in [0.15, 0.2) is 0 Å². The van der Waals surface area contributed by atoms with Crippen LogP contribution in [0.25, 0.3) is 16.6 Å². The topological polar surface area (TPSA) is 47.8 Å². The summed E-state index contributed by atoms with van der Waals surface area (Å²) in [5.74, 6) is 0.604. The molecule has 0 spiro atoms. The van der Waals surface area contributed by atoms with Gasteiger partial charge in [-0.05, 0) is 31.2 Å². The standard InChI is InChI=1S/C14H10ClN3O/c1-9-17-12-6-2-5-11(15)13(12)14(19)18(9)10-4-3-7-16-8-10/h2-8H,1H3. The predicted octanol–water partition coefficient (Wildman–Crippen LogP) is 2.74. The highest BCUT2D eigenvalue weighted by molar-refractivity contribution is 6.35. The number of rotatable bonds is 1. The van der Waals surface area contributed by atoms with Crippen molar-refractivity contribution in [1.82, 2.24) is 14.5 Å². The largest absolute Gasteiger partial charge is 0.268 e. The van der Waals surface area contributed by atoms with Crippen LogP contribution in [0.1, 0.15) is 5.82 Å². The molecule has 4 nitrogen and oxygen atoms in total. The van der Waals surface area contributed by atoms with E-state index in [2.05, 4.69) is 9.97 Å². The maximum Gasteiger partial charge on any atom is 0.267 e. The summed E-state index contributed by atoms with van der Waals surface area (Å²) in [4.78, 5) is 21.0. The highest BCUT2D eigenvalue weighted by atomic mass is 35.5. The molecule has 0 N–H and O–H groups in total. The molecule has 1 aromatic carbocycles. The van der Waals surface area contributed by atoms with Crippen molar-refractivity contribution in [3.63, 3.8) is 0 Å². The van der Waals surface area contributed by atoms with Gasteiger partial charge in [-0.3, -0.25) is 14.3 Å². The minimum absolute atomic E-state index is 0.180. The summed E-state index contributed by atoms with van der Waals surface area (Å²) in [5.41, 5.74) is 1.11. The van der Waals surface area contributed by atoms with Gasteiger partial charge in [0, 0.05) is 6.20 Å². The van der Waals surface area contributed by atoms with Crippen LogP contribution < -0.4 is 5.56 Å². The van der Waals surface area contributed by atoms with Crippen LogP contribution in [-0.4, -0.2) is 14.5 Å². The first-order valence-electron chi connectivity index (χ1n) is 5.77. The zero-order chi connectivity index (χ0) is 13.4. The minimum atomic E-state index is -0.180. The third kappa shape index (κ3) is 1.90. The lowest BCUT2D eigenvalue weighted by molar-refractivity contribution is 0.889. The SMILES string of the molecule is Cc1nc2cccc(Cl)c2c(=O)n1-c1cccnc1. The lowest BCUT2D eigenvalue weighted by Crippen LogP contribution is -2.22. The fraction of sp³-hybridized carbons (Fsp3) is 0.0714. The van der Waals surface area contributed by atoms with Crippen molar-refractivity contribution >= 4 is 22.5 Å². The zero-order valence-electron chi connectivity index (χ0n) is 10.2. The molecule has 0 aliphatic heterocycles. The number of benzene rings is 1. The van der Waals surface area contributed by atoms with Crippen molar-refractivity contribution in [1.29, 1.82) is 0 Å². The molecule has 0 aliphatic carbocycles. The molecule has 2 aromatic heterocycles. The smallest absolute Gasteiger partial charge is 0.267 e. The molecule has 0 radical (unpaired) electrons. The molecule has 3 aromatic rings. The van der Waals surface area contributed by atoms with Gasteiger partial charge in [-0.25, -0.2) is 4.98 Å². The van der Waals surface area contributed by atoms with E-state index in [0.717, 1.165) is 0 Å². The van der Waals surface area contributed by atoms with Gasteiger partial charge in [0.05, 0.1) is 27.8 Å². The molecule has 5 heteroatoms. The van der Waals surface area contributed by atoms with E-state index < -0.39 is 0 Å². The maximum absolute atomic E-state index is 12.6. The Morgan fingerprint density at radius 1 is 1.21 bits per heavy atom. The molecule has 0 saturated carbocycles. The number of hydrogen-bond acceptors (Lipinski definition) is 3.